The zero-order chi connectivity index (χ0) is 21.7. The minimum atomic E-state index is -1.28. The van der Waals surface area contributed by atoms with Gasteiger partial charge in [0.2, 0.25) is 5.76 Å². The van der Waals surface area contributed by atoms with Crippen LogP contribution in [0.25, 0.3) is 11.0 Å². The zero-order valence-electron chi connectivity index (χ0n) is 16.4. The largest absolute Gasteiger partial charge is 0.449 e. The summed E-state index contributed by atoms with van der Waals surface area (Å²) in [5, 5.41) is 4.97. The molecule has 0 bridgehead atoms. The maximum Gasteiger partial charge on any atom is 0.375 e. The Morgan fingerprint density at radius 3 is 2.53 bits per heavy atom. The highest BCUT2D eigenvalue weighted by Gasteiger charge is 2.23. The topological polar surface area (TPSA) is 115 Å². The summed E-state index contributed by atoms with van der Waals surface area (Å²) in [7, 11) is 0. The van der Waals surface area contributed by atoms with E-state index in [4.69, 9.17) is 9.15 Å². The first-order valence-corrected chi connectivity index (χ1v) is 9.21. The molecule has 154 valence electrons. The third-order valence-electron chi connectivity index (χ3n) is 4.27. The Bertz CT molecular complexity index is 1150. The number of carbonyl (C=O) groups excluding carboxylic acids is 3. The minimum absolute atomic E-state index is 0.232. The SMILES string of the molecule is Cc1ccc2oc(C(=O)O[C@@H](C)C(=O)NC(=O)NCc3ccccc3)cc(=O)c2c1. The molecule has 0 saturated carbocycles. The van der Waals surface area contributed by atoms with Crippen LogP contribution < -0.4 is 16.1 Å². The summed E-state index contributed by atoms with van der Waals surface area (Å²) in [4.78, 5) is 48.5. The van der Waals surface area contributed by atoms with Crippen molar-refractivity contribution in [3.05, 3.63) is 81.7 Å². The molecule has 2 aromatic carbocycles. The lowest BCUT2D eigenvalue weighted by atomic mass is 10.1. The molecule has 2 N–H and O–H groups in total. The number of aryl methyl sites for hydroxylation is 1. The second-order valence-corrected chi connectivity index (χ2v) is 6.68. The fourth-order valence-corrected chi connectivity index (χ4v) is 2.68. The second-order valence-electron chi connectivity index (χ2n) is 6.68. The molecular formula is C22H20N2O6. The van der Waals surface area contributed by atoms with Gasteiger partial charge in [-0.05, 0) is 31.5 Å². The van der Waals surface area contributed by atoms with Crippen LogP contribution in [0.4, 0.5) is 4.79 Å². The van der Waals surface area contributed by atoms with Gasteiger partial charge in [0.05, 0.1) is 5.39 Å². The van der Waals surface area contributed by atoms with Gasteiger partial charge >= 0.3 is 12.0 Å². The molecule has 0 fully saturated rings. The van der Waals surface area contributed by atoms with Gasteiger partial charge in [-0.2, -0.15) is 0 Å². The molecule has 1 heterocycles. The Kier molecular flexibility index (Phi) is 6.26. The second kappa shape index (κ2) is 9.04. The average molecular weight is 408 g/mol. The first-order chi connectivity index (χ1) is 14.3. The Morgan fingerprint density at radius 1 is 1.07 bits per heavy atom. The van der Waals surface area contributed by atoms with Gasteiger partial charge < -0.3 is 14.5 Å². The summed E-state index contributed by atoms with van der Waals surface area (Å²) in [6, 6.07) is 14.4. The summed E-state index contributed by atoms with van der Waals surface area (Å²) >= 11 is 0. The van der Waals surface area contributed by atoms with E-state index in [2.05, 4.69) is 10.6 Å². The number of esters is 1. The average Bonchev–Trinajstić information content (AvgIpc) is 2.73. The number of amides is 3. The van der Waals surface area contributed by atoms with Gasteiger partial charge in [0.1, 0.15) is 5.58 Å². The summed E-state index contributed by atoms with van der Waals surface area (Å²) < 4.78 is 10.4. The standard InChI is InChI=1S/C22H20N2O6/c1-13-8-9-18-16(10-13)17(25)11-19(30-18)21(27)29-14(2)20(26)24-22(28)23-12-15-6-4-3-5-7-15/h3-11,14H,12H2,1-2H3,(H2,23,24,26,28)/t14-/m0/s1. The number of ether oxygens (including phenoxy) is 1. The van der Waals surface area contributed by atoms with Crippen LogP contribution in [0.5, 0.6) is 0 Å². The Morgan fingerprint density at radius 2 is 1.80 bits per heavy atom. The number of fused-ring (bicyclic) bond motifs is 1. The van der Waals surface area contributed by atoms with E-state index >= 15 is 0 Å². The van der Waals surface area contributed by atoms with E-state index in [1.165, 1.54) is 6.92 Å². The highest BCUT2D eigenvalue weighted by Crippen LogP contribution is 2.15. The van der Waals surface area contributed by atoms with Crippen LogP contribution in [0.3, 0.4) is 0 Å². The third kappa shape index (κ3) is 5.11. The summed E-state index contributed by atoms with van der Waals surface area (Å²) in [5.74, 6) is -2.13. The predicted molar refractivity (Wildman–Crippen MR) is 109 cm³/mol. The lowest BCUT2D eigenvalue weighted by Gasteiger charge is -2.13. The van der Waals surface area contributed by atoms with Crippen LogP contribution >= 0.6 is 0 Å². The van der Waals surface area contributed by atoms with E-state index in [1.807, 2.05) is 37.3 Å². The third-order valence-corrected chi connectivity index (χ3v) is 4.27. The van der Waals surface area contributed by atoms with Crippen LogP contribution in [0, 0.1) is 6.92 Å². The molecule has 8 heteroatoms. The highest BCUT2D eigenvalue weighted by molar-refractivity contribution is 5.98. The number of hydrogen-bond donors (Lipinski definition) is 2. The molecule has 3 aromatic rings. The number of urea groups is 1. The molecule has 0 aliphatic heterocycles. The molecule has 0 aliphatic carbocycles. The van der Waals surface area contributed by atoms with E-state index in [0.29, 0.717) is 5.39 Å². The molecule has 1 aromatic heterocycles. The molecule has 0 saturated heterocycles. The normalized spacial score (nSPS) is 11.5. The van der Waals surface area contributed by atoms with Crippen molar-refractivity contribution in [3.63, 3.8) is 0 Å². The van der Waals surface area contributed by atoms with Crippen LogP contribution in [0.15, 0.2) is 63.8 Å². The number of nitrogens with one attached hydrogen (secondary N) is 2. The van der Waals surface area contributed by atoms with Crippen molar-refractivity contribution < 1.29 is 23.5 Å². The molecule has 3 rings (SSSR count). The lowest BCUT2D eigenvalue weighted by molar-refractivity contribution is -0.128. The zero-order valence-corrected chi connectivity index (χ0v) is 16.4. The van der Waals surface area contributed by atoms with Crippen LogP contribution in [-0.4, -0.2) is 24.0 Å². The van der Waals surface area contributed by atoms with Crippen molar-refractivity contribution in [1.29, 1.82) is 0 Å². The Labute approximate surface area is 171 Å². The summed E-state index contributed by atoms with van der Waals surface area (Å²) in [6.45, 7) is 3.37. The maximum atomic E-state index is 12.3. The van der Waals surface area contributed by atoms with Gasteiger partial charge in [0.25, 0.3) is 5.91 Å². The van der Waals surface area contributed by atoms with Crippen molar-refractivity contribution in [2.24, 2.45) is 0 Å². The molecule has 30 heavy (non-hydrogen) atoms. The molecular weight excluding hydrogens is 388 g/mol. The number of rotatable bonds is 5. The first-order valence-electron chi connectivity index (χ1n) is 9.21. The van der Waals surface area contributed by atoms with Gasteiger partial charge in [0, 0.05) is 12.6 Å². The van der Waals surface area contributed by atoms with E-state index in [9.17, 15) is 19.2 Å². The number of imide groups is 1. The van der Waals surface area contributed by atoms with Gasteiger partial charge in [-0.1, -0.05) is 42.0 Å². The Balaban J connectivity index is 1.58. The predicted octanol–water partition coefficient (Wildman–Crippen LogP) is 2.67. The van der Waals surface area contributed by atoms with Gasteiger partial charge in [-0.15, -0.1) is 0 Å². The molecule has 0 spiro atoms. The van der Waals surface area contributed by atoms with Crippen molar-refractivity contribution in [1.82, 2.24) is 10.6 Å². The fourth-order valence-electron chi connectivity index (χ4n) is 2.68. The molecule has 0 unspecified atom stereocenters. The van der Waals surface area contributed by atoms with Crippen molar-refractivity contribution >= 4 is 28.9 Å². The van der Waals surface area contributed by atoms with Gasteiger partial charge in [-0.25, -0.2) is 9.59 Å². The van der Waals surface area contributed by atoms with E-state index in [0.717, 1.165) is 17.2 Å². The van der Waals surface area contributed by atoms with Gasteiger partial charge in [0.15, 0.2) is 11.5 Å². The minimum Gasteiger partial charge on any atom is -0.449 e. The highest BCUT2D eigenvalue weighted by atomic mass is 16.6. The number of benzene rings is 2. The van der Waals surface area contributed by atoms with E-state index in [-0.39, 0.29) is 17.9 Å². The number of carbonyl (C=O) groups is 3. The summed E-state index contributed by atoms with van der Waals surface area (Å²) in [5.41, 5.74) is 1.57. The number of hydrogen-bond acceptors (Lipinski definition) is 6. The molecule has 3 amide bonds. The molecule has 1 atom stereocenters. The van der Waals surface area contributed by atoms with Crippen molar-refractivity contribution in [3.8, 4) is 0 Å². The lowest BCUT2D eigenvalue weighted by Crippen LogP contribution is -2.44. The van der Waals surface area contributed by atoms with Crippen LogP contribution in [-0.2, 0) is 16.1 Å². The maximum absolute atomic E-state index is 12.3. The monoisotopic (exact) mass is 408 g/mol. The van der Waals surface area contributed by atoms with E-state index < -0.39 is 29.4 Å². The smallest absolute Gasteiger partial charge is 0.375 e. The molecule has 0 radical (unpaired) electrons. The van der Waals surface area contributed by atoms with Crippen LogP contribution in [0.1, 0.15) is 28.6 Å². The van der Waals surface area contributed by atoms with Crippen LogP contribution in [0.2, 0.25) is 0 Å². The van der Waals surface area contributed by atoms with Gasteiger partial charge in [-0.3, -0.25) is 14.9 Å². The first kappa shape index (κ1) is 20.8. The Hall–Kier alpha value is -3.94. The fraction of sp³-hybridized carbons (Fsp3) is 0.182. The molecule has 8 nitrogen and oxygen atoms in total. The van der Waals surface area contributed by atoms with Crippen molar-refractivity contribution in [2.75, 3.05) is 0 Å². The summed E-state index contributed by atoms with van der Waals surface area (Å²) in [6.07, 6.45) is -1.28. The quantitative estimate of drug-likeness (QED) is 0.628. The van der Waals surface area contributed by atoms with Crippen molar-refractivity contribution in [2.45, 2.75) is 26.5 Å². The van der Waals surface area contributed by atoms with E-state index in [1.54, 1.807) is 18.2 Å². The molecule has 0 aliphatic rings.